The normalized spacial score (nSPS) is 12.5. The Kier molecular flexibility index (Phi) is 4.73. The van der Waals surface area contributed by atoms with Crippen molar-refractivity contribution < 1.29 is 18.0 Å². The topological polar surface area (TPSA) is 17.1 Å². The first-order chi connectivity index (χ1) is 7.95. The molecule has 0 bridgehead atoms. The van der Waals surface area contributed by atoms with Crippen LogP contribution in [0.5, 0.6) is 0 Å². The molecular weight excluding hydrogens is 229 g/mol. The summed E-state index contributed by atoms with van der Waals surface area (Å²) in [5, 5.41) is 0. The molecule has 4 heteroatoms. The SMILES string of the molecule is CCCC(C)CC(=O)c1c(F)cc(F)cc1F. The molecule has 0 amide bonds. The van der Waals surface area contributed by atoms with E-state index in [0.29, 0.717) is 12.1 Å². The van der Waals surface area contributed by atoms with Gasteiger partial charge in [0.15, 0.2) is 5.78 Å². The van der Waals surface area contributed by atoms with E-state index in [4.69, 9.17) is 0 Å². The molecule has 0 fully saturated rings. The van der Waals surface area contributed by atoms with E-state index in [-0.39, 0.29) is 12.3 Å². The van der Waals surface area contributed by atoms with Gasteiger partial charge in [-0.3, -0.25) is 4.79 Å². The molecule has 1 rings (SSSR count). The molecule has 94 valence electrons. The number of halogens is 3. The van der Waals surface area contributed by atoms with Crippen LogP contribution in [0.15, 0.2) is 12.1 Å². The van der Waals surface area contributed by atoms with Crippen molar-refractivity contribution in [3.63, 3.8) is 0 Å². The Morgan fingerprint density at radius 1 is 1.24 bits per heavy atom. The molecule has 1 aromatic carbocycles. The van der Waals surface area contributed by atoms with E-state index in [0.717, 1.165) is 12.8 Å². The van der Waals surface area contributed by atoms with Gasteiger partial charge in [0, 0.05) is 18.6 Å². The number of benzene rings is 1. The van der Waals surface area contributed by atoms with Crippen molar-refractivity contribution in [3.8, 4) is 0 Å². The number of carbonyl (C=O) groups is 1. The Hall–Kier alpha value is -1.32. The first-order valence-corrected chi connectivity index (χ1v) is 5.63. The third kappa shape index (κ3) is 3.58. The first kappa shape index (κ1) is 13.7. The van der Waals surface area contributed by atoms with Gasteiger partial charge in [-0.2, -0.15) is 0 Å². The molecule has 0 radical (unpaired) electrons. The lowest BCUT2D eigenvalue weighted by atomic mass is 9.95. The fourth-order valence-corrected chi connectivity index (χ4v) is 1.82. The van der Waals surface area contributed by atoms with Crippen molar-refractivity contribution >= 4 is 5.78 Å². The van der Waals surface area contributed by atoms with Gasteiger partial charge in [0.2, 0.25) is 0 Å². The Morgan fingerprint density at radius 2 is 1.76 bits per heavy atom. The van der Waals surface area contributed by atoms with Gasteiger partial charge in [-0.15, -0.1) is 0 Å². The zero-order valence-electron chi connectivity index (χ0n) is 9.90. The lowest BCUT2D eigenvalue weighted by Gasteiger charge is -2.10. The number of Topliss-reactive ketones (excluding diaryl/α,β-unsaturated/α-hetero) is 1. The van der Waals surface area contributed by atoms with E-state index in [1.807, 2.05) is 13.8 Å². The summed E-state index contributed by atoms with van der Waals surface area (Å²) in [7, 11) is 0. The van der Waals surface area contributed by atoms with Crippen LogP contribution >= 0.6 is 0 Å². The van der Waals surface area contributed by atoms with Crippen LogP contribution in [-0.2, 0) is 0 Å². The summed E-state index contributed by atoms with van der Waals surface area (Å²) < 4.78 is 39.3. The maximum atomic E-state index is 13.3. The maximum Gasteiger partial charge on any atom is 0.169 e. The molecular formula is C13H15F3O. The van der Waals surface area contributed by atoms with Crippen LogP contribution < -0.4 is 0 Å². The summed E-state index contributed by atoms with van der Waals surface area (Å²) >= 11 is 0. The van der Waals surface area contributed by atoms with Crippen molar-refractivity contribution in [2.75, 3.05) is 0 Å². The number of rotatable bonds is 5. The van der Waals surface area contributed by atoms with Gasteiger partial charge in [0.1, 0.15) is 17.5 Å². The Morgan fingerprint density at radius 3 is 2.24 bits per heavy atom. The minimum atomic E-state index is -1.13. The second kappa shape index (κ2) is 5.84. The van der Waals surface area contributed by atoms with Crippen LogP contribution in [0.3, 0.4) is 0 Å². The molecule has 0 aromatic heterocycles. The molecule has 0 aliphatic rings. The van der Waals surface area contributed by atoms with Crippen LogP contribution in [0.2, 0.25) is 0 Å². The molecule has 0 saturated carbocycles. The van der Waals surface area contributed by atoms with Gasteiger partial charge in [0.05, 0.1) is 5.56 Å². The fraction of sp³-hybridized carbons (Fsp3) is 0.462. The molecule has 1 nitrogen and oxygen atoms in total. The molecule has 0 aliphatic heterocycles. The van der Waals surface area contributed by atoms with Crippen molar-refractivity contribution in [2.24, 2.45) is 5.92 Å². The molecule has 0 aliphatic carbocycles. The minimum Gasteiger partial charge on any atom is -0.294 e. The van der Waals surface area contributed by atoms with Crippen molar-refractivity contribution in [3.05, 3.63) is 35.1 Å². The monoisotopic (exact) mass is 244 g/mol. The van der Waals surface area contributed by atoms with Gasteiger partial charge >= 0.3 is 0 Å². The lowest BCUT2D eigenvalue weighted by Crippen LogP contribution is -2.10. The molecule has 0 saturated heterocycles. The third-order valence-corrected chi connectivity index (χ3v) is 2.60. The third-order valence-electron chi connectivity index (χ3n) is 2.60. The summed E-state index contributed by atoms with van der Waals surface area (Å²) in [6, 6.07) is 1.06. The smallest absolute Gasteiger partial charge is 0.169 e. The fourth-order valence-electron chi connectivity index (χ4n) is 1.82. The Labute approximate surface area is 98.6 Å². The molecule has 1 aromatic rings. The van der Waals surface area contributed by atoms with Gasteiger partial charge in [-0.25, -0.2) is 13.2 Å². The molecule has 0 N–H and O–H groups in total. The highest BCUT2D eigenvalue weighted by Gasteiger charge is 2.20. The molecule has 0 spiro atoms. The average Bonchev–Trinajstić information content (AvgIpc) is 2.15. The average molecular weight is 244 g/mol. The van der Waals surface area contributed by atoms with Crippen molar-refractivity contribution in [1.29, 1.82) is 0 Å². The summed E-state index contributed by atoms with van der Waals surface area (Å²) in [5.41, 5.74) is -0.630. The van der Waals surface area contributed by atoms with Crippen molar-refractivity contribution in [1.82, 2.24) is 0 Å². The predicted molar refractivity (Wildman–Crippen MR) is 59.3 cm³/mol. The zero-order chi connectivity index (χ0) is 13.0. The number of hydrogen-bond donors (Lipinski definition) is 0. The van der Waals surface area contributed by atoms with E-state index >= 15 is 0 Å². The first-order valence-electron chi connectivity index (χ1n) is 5.63. The Balaban J connectivity index is 2.89. The van der Waals surface area contributed by atoms with Gasteiger partial charge < -0.3 is 0 Å². The van der Waals surface area contributed by atoms with Crippen LogP contribution in [0, 0.1) is 23.4 Å². The second-order valence-electron chi connectivity index (χ2n) is 4.27. The highest BCUT2D eigenvalue weighted by molar-refractivity contribution is 5.96. The standard InChI is InChI=1S/C13H15F3O/c1-3-4-8(2)5-12(17)13-10(15)6-9(14)7-11(13)16/h6-8H,3-5H2,1-2H3. The van der Waals surface area contributed by atoms with E-state index in [9.17, 15) is 18.0 Å². The van der Waals surface area contributed by atoms with E-state index in [1.165, 1.54) is 0 Å². The van der Waals surface area contributed by atoms with E-state index in [1.54, 1.807) is 0 Å². The molecule has 17 heavy (non-hydrogen) atoms. The number of carbonyl (C=O) groups excluding carboxylic acids is 1. The Bertz CT molecular complexity index is 392. The summed E-state index contributed by atoms with van der Waals surface area (Å²) in [6.45, 7) is 3.82. The van der Waals surface area contributed by atoms with Gasteiger partial charge in [0.25, 0.3) is 0 Å². The number of ketones is 1. The zero-order valence-corrected chi connectivity index (χ0v) is 9.90. The lowest BCUT2D eigenvalue weighted by molar-refractivity contribution is 0.0954. The molecule has 1 atom stereocenters. The van der Waals surface area contributed by atoms with Crippen LogP contribution in [-0.4, -0.2) is 5.78 Å². The van der Waals surface area contributed by atoms with E-state index < -0.39 is 28.8 Å². The number of hydrogen-bond acceptors (Lipinski definition) is 1. The van der Waals surface area contributed by atoms with Crippen LogP contribution in [0.25, 0.3) is 0 Å². The largest absolute Gasteiger partial charge is 0.294 e. The second-order valence-corrected chi connectivity index (χ2v) is 4.27. The predicted octanol–water partition coefficient (Wildman–Crippen LogP) is 4.11. The van der Waals surface area contributed by atoms with Crippen molar-refractivity contribution in [2.45, 2.75) is 33.1 Å². The molecule has 1 unspecified atom stereocenters. The summed E-state index contributed by atoms with van der Waals surface area (Å²) in [6.07, 6.45) is 1.80. The molecule has 0 heterocycles. The van der Waals surface area contributed by atoms with Crippen LogP contribution in [0.1, 0.15) is 43.5 Å². The van der Waals surface area contributed by atoms with Gasteiger partial charge in [-0.1, -0.05) is 26.7 Å². The quantitative estimate of drug-likeness (QED) is 0.712. The maximum absolute atomic E-state index is 13.3. The summed E-state index contributed by atoms with van der Waals surface area (Å²) in [5.74, 6) is -3.82. The summed E-state index contributed by atoms with van der Waals surface area (Å²) in [4.78, 5) is 11.7. The van der Waals surface area contributed by atoms with Gasteiger partial charge in [-0.05, 0) is 5.92 Å². The highest BCUT2D eigenvalue weighted by Crippen LogP contribution is 2.20. The van der Waals surface area contributed by atoms with E-state index in [2.05, 4.69) is 0 Å². The van der Waals surface area contributed by atoms with Crippen LogP contribution in [0.4, 0.5) is 13.2 Å². The minimum absolute atomic E-state index is 0.0661. The highest BCUT2D eigenvalue weighted by atomic mass is 19.1.